The molecule has 0 aliphatic carbocycles. The summed E-state index contributed by atoms with van der Waals surface area (Å²) >= 11 is 0. The van der Waals surface area contributed by atoms with Crippen molar-refractivity contribution in [2.75, 3.05) is 26.7 Å². The van der Waals surface area contributed by atoms with Crippen molar-refractivity contribution in [2.24, 2.45) is 5.92 Å². The molecule has 0 bridgehead atoms. The molecule has 0 unspecified atom stereocenters. The number of benzene rings is 2. The van der Waals surface area contributed by atoms with Gasteiger partial charge in [-0.3, -0.25) is 9.59 Å². The van der Waals surface area contributed by atoms with E-state index in [2.05, 4.69) is 5.32 Å². The highest BCUT2D eigenvalue weighted by Crippen LogP contribution is 2.20. The average molecular weight is 384 g/mol. The second kappa shape index (κ2) is 9.35. The van der Waals surface area contributed by atoms with E-state index < -0.39 is 5.82 Å². The van der Waals surface area contributed by atoms with Gasteiger partial charge in [0.05, 0.1) is 7.11 Å². The molecule has 0 spiro atoms. The van der Waals surface area contributed by atoms with Crippen LogP contribution in [-0.2, 0) is 11.2 Å². The maximum atomic E-state index is 13.3. The summed E-state index contributed by atoms with van der Waals surface area (Å²) in [6, 6.07) is 13.5. The summed E-state index contributed by atoms with van der Waals surface area (Å²) < 4.78 is 18.4. The number of likely N-dealkylation sites (tertiary alicyclic amines) is 1. The second-order valence-corrected chi connectivity index (χ2v) is 6.97. The van der Waals surface area contributed by atoms with Gasteiger partial charge >= 0.3 is 0 Å². The van der Waals surface area contributed by atoms with E-state index in [1.807, 2.05) is 24.3 Å². The number of hydrogen-bond donors (Lipinski definition) is 1. The monoisotopic (exact) mass is 384 g/mol. The molecule has 0 saturated carbocycles. The van der Waals surface area contributed by atoms with Crippen molar-refractivity contribution in [3.05, 3.63) is 65.5 Å². The molecule has 1 aliphatic rings. The highest BCUT2D eigenvalue weighted by molar-refractivity contribution is 5.94. The van der Waals surface area contributed by atoms with Crippen molar-refractivity contribution in [3.63, 3.8) is 0 Å². The number of ether oxygens (including phenoxy) is 1. The van der Waals surface area contributed by atoms with Gasteiger partial charge in [-0.05, 0) is 55.2 Å². The molecular formula is C22H25FN2O3. The Hall–Kier alpha value is -2.89. The predicted molar refractivity (Wildman–Crippen MR) is 105 cm³/mol. The molecule has 3 rings (SSSR count). The van der Waals surface area contributed by atoms with Crippen LogP contribution in [0.5, 0.6) is 5.75 Å². The molecule has 1 fully saturated rings. The minimum Gasteiger partial charge on any atom is -0.497 e. The molecule has 28 heavy (non-hydrogen) atoms. The summed E-state index contributed by atoms with van der Waals surface area (Å²) in [7, 11) is 1.63. The van der Waals surface area contributed by atoms with E-state index in [0.29, 0.717) is 38.0 Å². The molecule has 2 aromatic rings. The van der Waals surface area contributed by atoms with Gasteiger partial charge in [-0.15, -0.1) is 0 Å². The number of halogens is 1. The van der Waals surface area contributed by atoms with E-state index in [0.717, 1.165) is 17.7 Å². The zero-order valence-electron chi connectivity index (χ0n) is 16.0. The van der Waals surface area contributed by atoms with Crippen molar-refractivity contribution in [3.8, 4) is 5.75 Å². The molecule has 1 heterocycles. The number of nitrogens with zero attached hydrogens (tertiary/aromatic N) is 1. The molecular weight excluding hydrogens is 359 g/mol. The van der Waals surface area contributed by atoms with Crippen LogP contribution < -0.4 is 10.1 Å². The first kappa shape index (κ1) is 19.9. The Morgan fingerprint density at radius 3 is 2.50 bits per heavy atom. The van der Waals surface area contributed by atoms with Crippen LogP contribution in [0.3, 0.4) is 0 Å². The van der Waals surface area contributed by atoms with Crippen LogP contribution in [-0.4, -0.2) is 43.5 Å². The number of amides is 2. The van der Waals surface area contributed by atoms with E-state index in [9.17, 15) is 14.0 Å². The van der Waals surface area contributed by atoms with Gasteiger partial charge in [0, 0.05) is 31.1 Å². The number of nitrogens with one attached hydrogen (secondary N) is 1. The molecule has 0 radical (unpaired) electrons. The highest BCUT2D eigenvalue weighted by Gasteiger charge is 2.27. The lowest BCUT2D eigenvalue weighted by molar-refractivity contribution is -0.126. The Labute approximate surface area is 164 Å². The zero-order valence-corrected chi connectivity index (χ0v) is 16.0. The minimum absolute atomic E-state index is 0.0337. The molecule has 1 N–H and O–H groups in total. The van der Waals surface area contributed by atoms with Crippen LogP contribution in [0.4, 0.5) is 4.39 Å². The highest BCUT2D eigenvalue weighted by atomic mass is 19.1. The fraction of sp³-hybridized carbons (Fsp3) is 0.364. The van der Waals surface area contributed by atoms with Crippen LogP contribution in [0.15, 0.2) is 48.5 Å². The first-order valence-electron chi connectivity index (χ1n) is 9.52. The minimum atomic E-state index is -0.419. The third-order valence-electron chi connectivity index (χ3n) is 5.10. The lowest BCUT2D eigenvalue weighted by atomic mass is 9.95. The van der Waals surface area contributed by atoms with E-state index in [4.69, 9.17) is 4.74 Å². The van der Waals surface area contributed by atoms with Crippen molar-refractivity contribution in [2.45, 2.75) is 19.3 Å². The van der Waals surface area contributed by atoms with Gasteiger partial charge in [0.2, 0.25) is 5.91 Å². The molecule has 6 heteroatoms. The average Bonchev–Trinajstić information content (AvgIpc) is 2.73. The number of methoxy groups -OCH3 is 1. The normalized spacial score (nSPS) is 14.6. The Bertz CT molecular complexity index is 815. The first-order chi connectivity index (χ1) is 13.6. The summed E-state index contributed by atoms with van der Waals surface area (Å²) in [5.74, 6) is 0.154. The molecule has 1 aliphatic heterocycles. The lowest BCUT2D eigenvalue weighted by Gasteiger charge is -2.31. The van der Waals surface area contributed by atoms with E-state index in [-0.39, 0.29) is 17.7 Å². The summed E-state index contributed by atoms with van der Waals surface area (Å²) in [6.45, 7) is 1.59. The van der Waals surface area contributed by atoms with Crippen LogP contribution >= 0.6 is 0 Å². The van der Waals surface area contributed by atoms with Gasteiger partial charge in [-0.1, -0.05) is 18.2 Å². The topological polar surface area (TPSA) is 58.6 Å². The van der Waals surface area contributed by atoms with Crippen molar-refractivity contribution >= 4 is 11.8 Å². The molecule has 148 valence electrons. The van der Waals surface area contributed by atoms with Crippen LogP contribution in [0.2, 0.25) is 0 Å². The molecule has 5 nitrogen and oxygen atoms in total. The molecule has 1 saturated heterocycles. The van der Waals surface area contributed by atoms with Gasteiger partial charge in [0.1, 0.15) is 11.6 Å². The van der Waals surface area contributed by atoms with Crippen LogP contribution in [0, 0.1) is 11.7 Å². The summed E-state index contributed by atoms with van der Waals surface area (Å²) in [6.07, 6.45) is 2.00. The van der Waals surface area contributed by atoms with Gasteiger partial charge < -0.3 is 15.0 Å². The number of rotatable bonds is 6. The maximum absolute atomic E-state index is 13.3. The predicted octanol–water partition coefficient (Wildman–Crippen LogP) is 3.05. The molecule has 0 atom stereocenters. The molecule has 2 aromatic carbocycles. The van der Waals surface area contributed by atoms with Crippen LogP contribution in [0.1, 0.15) is 28.8 Å². The smallest absolute Gasteiger partial charge is 0.253 e. The molecule has 2 amide bonds. The van der Waals surface area contributed by atoms with Gasteiger partial charge in [-0.2, -0.15) is 0 Å². The number of hydrogen-bond acceptors (Lipinski definition) is 3. The summed E-state index contributed by atoms with van der Waals surface area (Å²) in [4.78, 5) is 26.5. The maximum Gasteiger partial charge on any atom is 0.253 e. The van der Waals surface area contributed by atoms with Crippen LogP contribution in [0.25, 0.3) is 0 Å². The fourth-order valence-corrected chi connectivity index (χ4v) is 3.42. The van der Waals surface area contributed by atoms with Gasteiger partial charge in [0.15, 0.2) is 0 Å². The zero-order chi connectivity index (χ0) is 19.9. The standard InChI is InChI=1S/C22H25FN2O3/c1-28-20-7-5-16(6-8-20)9-12-24-21(26)17-10-13-25(14-11-17)22(27)18-3-2-4-19(23)15-18/h2-8,15,17H,9-14H2,1H3,(H,24,26). The number of piperidine rings is 1. The number of carbonyl (C=O) groups is 2. The molecule has 0 aromatic heterocycles. The Balaban J connectivity index is 1.42. The summed E-state index contributed by atoms with van der Waals surface area (Å²) in [5.41, 5.74) is 1.49. The summed E-state index contributed by atoms with van der Waals surface area (Å²) in [5, 5.41) is 2.99. The fourth-order valence-electron chi connectivity index (χ4n) is 3.42. The SMILES string of the molecule is COc1ccc(CCNC(=O)C2CCN(C(=O)c3cccc(F)c3)CC2)cc1. The third kappa shape index (κ3) is 5.09. The second-order valence-electron chi connectivity index (χ2n) is 6.97. The Kier molecular flexibility index (Phi) is 6.63. The first-order valence-corrected chi connectivity index (χ1v) is 9.52. The van der Waals surface area contributed by atoms with E-state index in [1.165, 1.54) is 18.2 Å². The van der Waals surface area contributed by atoms with Gasteiger partial charge in [0.25, 0.3) is 5.91 Å². The van der Waals surface area contributed by atoms with Gasteiger partial charge in [-0.25, -0.2) is 4.39 Å². The third-order valence-corrected chi connectivity index (χ3v) is 5.10. The lowest BCUT2D eigenvalue weighted by Crippen LogP contribution is -2.43. The van der Waals surface area contributed by atoms with Crippen molar-refractivity contribution in [1.29, 1.82) is 0 Å². The number of carbonyl (C=O) groups excluding carboxylic acids is 2. The largest absolute Gasteiger partial charge is 0.497 e. The quantitative estimate of drug-likeness (QED) is 0.833. The van der Waals surface area contributed by atoms with Crippen molar-refractivity contribution < 1.29 is 18.7 Å². The van der Waals surface area contributed by atoms with E-state index in [1.54, 1.807) is 18.1 Å². The Morgan fingerprint density at radius 2 is 1.86 bits per heavy atom. The van der Waals surface area contributed by atoms with Crippen molar-refractivity contribution in [1.82, 2.24) is 10.2 Å². The van der Waals surface area contributed by atoms with E-state index >= 15 is 0 Å². The Morgan fingerprint density at radius 1 is 1.14 bits per heavy atom.